The fourth-order valence-electron chi connectivity index (χ4n) is 2.03. The van der Waals surface area contributed by atoms with E-state index in [1.807, 2.05) is 13.8 Å². The van der Waals surface area contributed by atoms with Crippen LogP contribution in [-0.4, -0.2) is 39.1 Å². The van der Waals surface area contributed by atoms with Crippen molar-refractivity contribution in [2.24, 2.45) is 0 Å². The predicted octanol–water partition coefficient (Wildman–Crippen LogP) is 2.39. The molecule has 1 N–H and O–H groups in total. The fraction of sp³-hybridized carbons (Fsp3) is 0.500. The number of sulfonamides is 1. The van der Waals surface area contributed by atoms with Crippen molar-refractivity contribution in [3.63, 3.8) is 0 Å². The molecular weight excluding hydrogens is 380 g/mol. The van der Waals surface area contributed by atoms with Crippen molar-refractivity contribution >= 4 is 27.5 Å². The number of benzene rings is 1. The maximum atomic E-state index is 12.4. The van der Waals surface area contributed by atoms with Gasteiger partial charge in [0.15, 0.2) is 0 Å². The Bertz CT molecular complexity index is 918. The second-order valence-electron chi connectivity index (χ2n) is 6.84. The molecule has 0 aliphatic rings. The molecule has 0 bridgehead atoms. The summed E-state index contributed by atoms with van der Waals surface area (Å²) in [4.78, 5) is 10.9. The zero-order valence-corrected chi connectivity index (χ0v) is 16.6. The molecule has 0 saturated heterocycles. The summed E-state index contributed by atoms with van der Waals surface area (Å²) in [5.41, 5.74) is -1.04. The van der Waals surface area contributed by atoms with Crippen LogP contribution in [0.1, 0.15) is 40.7 Å². The Kier molecular flexibility index (Phi) is 5.68. The Morgan fingerprint density at radius 1 is 1.31 bits per heavy atom. The number of hydrogen-bond donors (Lipinski definition) is 1. The summed E-state index contributed by atoms with van der Waals surface area (Å²) in [6.45, 7) is 8.82. The lowest BCUT2D eigenvalue weighted by Crippen LogP contribution is -2.40. The predicted molar refractivity (Wildman–Crippen MR) is 95.5 cm³/mol. The van der Waals surface area contributed by atoms with Crippen molar-refractivity contribution < 1.29 is 13.3 Å². The molecule has 142 valence electrons. The Labute approximate surface area is 155 Å². The number of nitro groups is 1. The molecule has 0 aliphatic carbocycles. The lowest BCUT2D eigenvalue weighted by atomic mass is 10.1. The average molecular weight is 400 g/mol. The molecule has 10 nitrogen and oxygen atoms in total. The van der Waals surface area contributed by atoms with E-state index in [4.69, 9.17) is 0 Å². The van der Waals surface area contributed by atoms with Gasteiger partial charge in [-0.3, -0.25) is 10.1 Å². The molecule has 12 heteroatoms. The highest BCUT2D eigenvalue weighted by Gasteiger charge is 2.26. The van der Waals surface area contributed by atoms with E-state index in [-0.39, 0.29) is 21.5 Å². The van der Waals surface area contributed by atoms with Crippen LogP contribution in [0, 0.1) is 10.1 Å². The van der Waals surface area contributed by atoms with E-state index < -0.39 is 20.5 Å². The van der Waals surface area contributed by atoms with Crippen LogP contribution >= 0.6 is 11.8 Å². The van der Waals surface area contributed by atoms with Gasteiger partial charge in [0.1, 0.15) is 0 Å². The van der Waals surface area contributed by atoms with Crippen molar-refractivity contribution in [2.75, 3.05) is 0 Å². The Hall–Kier alpha value is -2.05. The van der Waals surface area contributed by atoms with Crippen LogP contribution in [0.25, 0.3) is 0 Å². The molecule has 1 aromatic heterocycles. The van der Waals surface area contributed by atoms with Gasteiger partial charge < -0.3 is 0 Å². The third-order valence-corrected chi connectivity index (χ3v) is 5.80. The zero-order chi connectivity index (χ0) is 19.7. The van der Waals surface area contributed by atoms with Gasteiger partial charge in [-0.25, -0.2) is 17.8 Å². The summed E-state index contributed by atoms with van der Waals surface area (Å²) in [7, 11) is -3.88. The third-order valence-electron chi connectivity index (χ3n) is 3.03. The van der Waals surface area contributed by atoms with E-state index in [9.17, 15) is 18.5 Å². The molecule has 1 heterocycles. The van der Waals surface area contributed by atoms with Gasteiger partial charge in [-0.15, -0.1) is 5.10 Å². The average Bonchev–Trinajstić information content (AvgIpc) is 2.93. The lowest BCUT2D eigenvalue weighted by Gasteiger charge is -2.20. The molecule has 2 aromatic rings. The van der Waals surface area contributed by atoms with E-state index in [1.54, 1.807) is 20.8 Å². The molecule has 2 rings (SSSR count). The van der Waals surface area contributed by atoms with Crippen molar-refractivity contribution in [3.05, 3.63) is 28.3 Å². The van der Waals surface area contributed by atoms with Crippen LogP contribution in [0.4, 0.5) is 5.69 Å². The summed E-state index contributed by atoms with van der Waals surface area (Å²) in [6.07, 6.45) is 0. The molecule has 1 aromatic carbocycles. The molecule has 0 amide bonds. The molecule has 0 saturated carbocycles. The van der Waals surface area contributed by atoms with Gasteiger partial charge in [0.05, 0.1) is 20.8 Å². The van der Waals surface area contributed by atoms with Crippen LogP contribution in [0.5, 0.6) is 0 Å². The minimum atomic E-state index is -3.88. The van der Waals surface area contributed by atoms with Gasteiger partial charge in [0.2, 0.25) is 15.2 Å². The molecule has 0 unspecified atom stereocenters. The number of nitrogens with zero attached hydrogens (tertiary/aromatic N) is 5. The number of tetrazole rings is 1. The van der Waals surface area contributed by atoms with Crippen LogP contribution in [0.2, 0.25) is 0 Å². The maximum Gasteiger partial charge on any atom is 0.284 e. The van der Waals surface area contributed by atoms with E-state index >= 15 is 0 Å². The molecule has 0 aliphatic heterocycles. The Morgan fingerprint density at radius 2 is 1.96 bits per heavy atom. The third kappa shape index (κ3) is 4.77. The first-order valence-corrected chi connectivity index (χ1v) is 9.99. The quantitative estimate of drug-likeness (QED) is 0.577. The molecular formula is C14H20N6O4S2. The number of aromatic nitrogens is 4. The number of nitrogens with one attached hydrogen (secondary N) is 1. The Balaban J connectivity index is 2.44. The van der Waals surface area contributed by atoms with Crippen LogP contribution in [-0.2, 0) is 10.0 Å². The van der Waals surface area contributed by atoms with E-state index in [1.165, 1.54) is 16.8 Å². The van der Waals surface area contributed by atoms with E-state index in [0.717, 1.165) is 17.8 Å². The minimum Gasteiger partial charge on any atom is -0.258 e. The van der Waals surface area contributed by atoms with Gasteiger partial charge in [-0.05, 0) is 68.9 Å². The first-order chi connectivity index (χ1) is 11.9. The zero-order valence-electron chi connectivity index (χ0n) is 15.0. The summed E-state index contributed by atoms with van der Waals surface area (Å²) in [5, 5.41) is 23.1. The smallest absolute Gasteiger partial charge is 0.258 e. The topological polar surface area (TPSA) is 133 Å². The fourth-order valence-corrected chi connectivity index (χ4v) is 4.46. The normalized spacial score (nSPS) is 12.5. The summed E-state index contributed by atoms with van der Waals surface area (Å²) >= 11 is 1.01. The number of nitro benzene ring substituents is 1. The van der Waals surface area contributed by atoms with Crippen molar-refractivity contribution in [1.82, 2.24) is 24.9 Å². The van der Waals surface area contributed by atoms with Crippen molar-refractivity contribution in [1.29, 1.82) is 0 Å². The van der Waals surface area contributed by atoms with Gasteiger partial charge in [-0.1, -0.05) is 0 Å². The molecule has 0 fully saturated rings. The first kappa shape index (κ1) is 20.3. The van der Waals surface area contributed by atoms with Gasteiger partial charge in [0.25, 0.3) is 5.69 Å². The lowest BCUT2D eigenvalue weighted by molar-refractivity contribution is -0.388. The van der Waals surface area contributed by atoms with Crippen LogP contribution < -0.4 is 4.72 Å². The van der Waals surface area contributed by atoms with Gasteiger partial charge in [0, 0.05) is 11.6 Å². The van der Waals surface area contributed by atoms with E-state index in [2.05, 4.69) is 20.2 Å². The van der Waals surface area contributed by atoms with E-state index in [0.29, 0.717) is 5.16 Å². The summed E-state index contributed by atoms with van der Waals surface area (Å²) in [6, 6.07) is 3.73. The summed E-state index contributed by atoms with van der Waals surface area (Å²) < 4.78 is 28.8. The molecule has 0 radical (unpaired) electrons. The highest BCUT2D eigenvalue weighted by molar-refractivity contribution is 7.99. The molecule has 0 spiro atoms. The van der Waals surface area contributed by atoms with Crippen molar-refractivity contribution in [3.8, 4) is 0 Å². The van der Waals surface area contributed by atoms with Gasteiger partial charge >= 0.3 is 0 Å². The van der Waals surface area contributed by atoms with Crippen LogP contribution in [0.3, 0.4) is 0 Å². The SMILES string of the molecule is CC(C)n1nnnc1Sc1ccc(S(=O)(=O)NC(C)(C)C)cc1[N+](=O)[O-]. The monoisotopic (exact) mass is 400 g/mol. The summed E-state index contributed by atoms with van der Waals surface area (Å²) in [5.74, 6) is 0. The number of hydrogen-bond acceptors (Lipinski definition) is 8. The highest BCUT2D eigenvalue weighted by Crippen LogP contribution is 2.35. The number of rotatable bonds is 6. The largest absolute Gasteiger partial charge is 0.284 e. The second kappa shape index (κ2) is 7.29. The first-order valence-electron chi connectivity index (χ1n) is 7.69. The molecule has 0 atom stereocenters. The molecule has 26 heavy (non-hydrogen) atoms. The van der Waals surface area contributed by atoms with Crippen molar-refractivity contribution in [2.45, 2.75) is 61.1 Å². The van der Waals surface area contributed by atoms with Crippen LogP contribution in [0.15, 0.2) is 33.1 Å². The highest BCUT2D eigenvalue weighted by atomic mass is 32.2. The minimum absolute atomic E-state index is 0.0257. The second-order valence-corrected chi connectivity index (χ2v) is 9.54. The van der Waals surface area contributed by atoms with Gasteiger partial charge in [-0.2, -0.15) is 0 Å². The standard InChI is InChI=1S/C14H20N6O4S2/c1-9(2)19-13(15-17-18-19)25-12-7-6-10(8-11(12)20(21)22)26(23,24)16-14(3,4)5/h6-9,16H,1-5H3. The Morgan fingerprint density at radius 3 is 2.50 bits per heavy atom. The maximum absolute atomic E-state index is 12.4.